The molecule has 1 aromatic rings. The average molecular weight is 205 g/mol. The zero-order valence-electron chi connectivity index (χ0n) is 10.4. The summed E-state index contributed by atoms with van der Waals surface area (Å²) in [6.07, 6.45) is 0. The number of benzene rings is 1. The van der Waals surface area contributed by atoms with Crippen molar-refractivity contribution in [2.24, 2.45) is 0 Å². The third kappa shape index (κ3) is 4.80. The second-order valence-electron chi connectivity index (χ2n) is 4.48. The Morgan fingerprint density at radius 3 is 1.87 bits per heavy atom. The Hall–Kier alpha value is -1.08. The average Bonchev–Trinajstić information content (AvgIpc) is 2.21. The maximum Gasteiger partial charge on any atom is 0.0202 e. The van der Waals surface area contributed by atoms with Gasteiger partial charge in [-0.15, -0.1) is 13.2 Å². The van der Waals surface area contributed by atoms with Crippen molar-refractivity contribution >= 4 is 0 Å². The van der Waals surface area contributed by atoms with Crippen LogP contribution in [0.15, 0.2) is 37.4 Å². The largest absolute Gasteiger partial charge is 0.316 e. The zero-order chi connectivity index (χ0) is 11.9. The SMILES string of the molecule is C=C.CNCc1ccc(C(C)(C)C)cc1. The Balaban J connectivity index is 0.000000921. The first-order valence-corrected chi connectivity index (χ1v) is 5.28. The lowest BCUT2D eigenvalue weighted by molar-refractivity contribution is 0.590. The summed E-state index contributed by atoms with van der Waals surface area (Å²) in [5.41, 5.74) is 3.00. The fourth-order valence-electron chi connectivity index (χ4n) is 1.33. The summed E-state index contributed by atoms with van der Waals surface area (Å²) in [6, 6.07) is 8.81. The molecule has 0 aromatic heterocycles. The van der Waals surface area contributed by atoms with Gasteiger partial charge in [0.25, 0.3) is 0 Å². The van der Waals surface area contributed by atoms with Gasteiger partial charge in [0.2, 0.25) is 0 Å². The smallest absolute Gasteiger partial charge is 0.0202 e. The minimum atomic E-state index is 0.262. The maximum absolute atomic E-state index is 3.14. The number of hydrogen-bond donors (Lipinski definition) is 1. The second-order valence-corrected chi connectivity index (χ2v) is 4.48. The molecule has 0 fully saturated rings. The Morgan fingerprint density at radius 1 is 1.07 bits per heavy atom. The van der Waals surface area contributed by atoms with E-state index in [1.165, 1.54) is 11.1 Å². The van der Waals surface area contributed by atoms with Gasteiger partial charge in [0.1, 0.15) is 0 Å². The fraction of sp³-hybridized carbons (Fsp3) is 0.429. The van der Waals surface area contributed by atoms with Gasteiger partial charge in [-0.3, -0.25) is 0 Å². The molecule has 1 heteroatoms. The molecular formula is C14H23N. The molecular weight excluding hydrogens is 182 g/mol. The monoisotopic (exact) mass is 205 g/mol. The van der Waals surface area contributed by atoms with Gasteiger partial charge in [0.15, 0.2) is 0 Å². The lowest BCUT2D eigenvalue weighted by atomic mass is 9.87. The predicted octanol–water partition coefficient (Wildman–Crippen LogP) is 3.51. The standard InChI is InChI=1S/C12H19N.C2H4/c1-12(2,3)11-7-5-10(6-8-11)9-13-4;1-2/h5-8,13H,9H2,1-4H3;1-2H2. The number of hydrogen-bond acceptors (Lipinski definition) is 1. The lowest BCUT2D eigenvalue weighted by Crippen LogP contribution is -2.11. The summed E-state index contributed by atoms with van der Waals surface area (Å²) in [4.78, 5) is 0. The summed E-state index contributed by atoms with van der Waals surface area (Å²) >= 11 is 0. The van der Waals surface area contributed by atoms with Crippen molar-refractivity contribution in [2.75, 3.05) is 7.05 Å². The maximum atomic E-state index is 3.14. The quantitative estimate of drug-likeness (QED) is 0.729. The van der Waals surface area contributed by atoms with Crippen LogP contribution >= 0.6 is 0 Å². The molecule has 0 heterocycles. The van der Waals surface area contributed by atoms with Gasteiger partial charge < -0.3 is 5.32 Å². The molecule has 1 nitrogen and oxygen atoms in total. The van der Waals surface area contributed by atoms with E-state index in [9.17, 15) is 0 Å². The zero-order valence-corrected chi connectivity index (χ0v) is 10.4. The first-order chi connectivity index (χ1) is 7.04. The molecule has 0 bridgehead atoms. The number of nitrogens with one attached hydrogen (secondary N) is 1. The van der Waals surface area contributed by atoms with E-state index in [-0.39, 0.29) is 5.41 Å². The van der Waals surface area contributed by atoms with Crippen molar-refractivity contribution in [3.8, 4) is 0 Å². The third-order valence-electron chi connectivity index (χ3n) is 2.20. The van der Waals surface area contributed by atoms with E-state index in [1.54, 1.807) is 0 Å². The van der Waals surface area contributed by atoms with Crippen molar-refractivity contribution in [2.45, 2.75) is 32.7 Å². The van der Waals surface area contributed by atoms with E-state index >= 15 is 0 Å². The van der Waals surface area contributed by atoms with E-state index in [0.29, 0.717) is 0 Å². The van der Waals surface area contributed by atoms with E-state index in [2.05, 4.69) is 63.5 Å². The molecule has 1 aromatic carbocycles. The van der Waals surface area contributed by atoms with Crippen molar-refractivity contribution in [3.05, 3.63) is 48.6 Å². The van der Waals surface area contributed by atoms with Crippen LogP contribution < -0.4 is 5.32 Å². The minimum absolute atomic E-state index is 0.262. The van der Waals surface area contributed by atoms with Gasteiger partial charge in [0.05, 0.1) is 0 Å². The van der Waals surface area contributed by atoms with Crippen LogP contribution in [-0.2, 0) is 12.0 Å². The van der Waals surface area contributed by atoms with E-state index in [0.717, 1.165) is 6.54 Å². The molecule has 0 radical (unpaired) electrons. The first kappa shape index (κ1) is 13.9. The molecule has 1 N–H and O–H groups in total. The van der Waals surface area contributed by atoms with Gasteiger partial charge in [-0.05, 0) is 23.6 Å². The summed E-state index contributed by atoms with van der Waals surface area (Å²) < 4.78 is 0. The molecule has 0 saturated heterocycles. The topological polar surface area (TPSA) is 12.0 Å². The van der Waals surface area contributed by atoms with Crippen LogP contribution in [0.5, 0.6) is 0 Å². The van der Waals surface area contributed by atoms with Crippen LogP contribution in [0.4, 0.5) is 0 Å². The Labute approximate surface area is 94.2 Å². The van der Waals surface area contributed by atoms with Crippen molar-refractivity contribution in [1.29, 1.82) is 0 Å². The third-order valence-corrected chi connectivity index (χ3v) is 2.20. The molecule has 0 amide bonds. The Kier molecular flexibility index (Phi) is 5.95. The summed E-state index contributed by atoms with van der Waals surface area (Å²) in [5.74, 6) is 0. The molecule has 0 aliphatic heterocycles. The molecule has 0 atom stereocenters. The molecule has 0 spiro atoms. The molecule has 1 rings (SSSR count). The number of rotatable bonds is 2. The summed E-state index contributed by atoms with van der Waals surface area (Å²) in [7, 11) is 1.97. The van der Waals surface area contributed by atoms with Gasteiger partial charge in [-0.25, -0.2) is 0 Å². The normalized spacial score (nSPS) is 10.4. The molecule has 0 aliphatic carbocycles. The highest BCUT2D eigenvalue weighted by atomic mass is 14.8. The first-order valence-electron chi connectivity index (χ1n) is 5.28. The molecule has 84 valence electrons. The van der Waals surface area contributed by atoms with Crippen molar-refractivity contribution in [3.63, 3.8) is 0 Å². The van der Waals surface area contributed by atoms with Crippen LogP contribution in [0.2, 0.25) is 0 Å². The van der Waals surface area contributed by atoms with E-state index in [4.69, 9.17) is 0 Å². The van der Waals surface area contributed by atoms with Crippen LogP contribution in [0.25, 0.3) is 0 Å². The molecule has 0 unspecified atom stereocenters. The van der Waals surface area contributed by atoms with Crippen LogP contribution in [-0.4, -0.2) is 7.05 Å². The Morgan fingerprint density at radius 2 is 1.53 bits per heavy atom. The van der Waals surface area contributed by atoms with Gasteiger partial charge in [-0.1, -0.05) is 45.0 Å². The van der Waals surface area contributed by atoms with Gasteiger partial charge in [0, 0.05) is 6.54 Å². The molecule has 0 aliphatic rings. The lowest BCUT2D eigenvalue weighted by Gasteiger charge is -2.19. The fourth-order valence-corrected chi connectivity index (χ4v) is 1.33. The van der Waals surface area contributed by atoms with Gasteiger partial charge in [-0.2, -0.15) is 0 Å². The van der Waals surface area contributed by atoms with Crippen LogP contribution in [0, 0.1) is 0 Å². The highest BCUT2D eigenvalue weighted by molar-refractivity contribution is 5.27. The van der Waals surface area contributed by atoms with Crippen LogP contribution in [0.1, 0.15) is 31.9 Å². The molecule has 0 saturated carbocycles. The van der Waals surface area contributed by atoms with Crippen molar-refractivity contribution in [1.82, 2.24) is 5.32 Å². The Bertz CT molecular complexity index is 266. The predicted molar refractivity (Wildman–Crippen MR) is 69.2 cm³/mol. The van der Waals surface area contributed by atoms with E-state index in [1.807, 2.05) is 7.05 Å². The minimum Gasteiger partial charge on any atom is -0.316 e. The summed E-state index contributed by atoms with van der Waals surface area (Å²) in [5, 5.41) is 3.14. The molecule has 15 heavy (non-hydrogen) atoms. The van der Waals surface area contributed by atoms with Gasteiger partial charge >= 0.3 is 0 Å². The summed E-state index contributed by atoms with van der Waals surface area (Å²) in [6.45, 7) is 13.7. The highest BCUT2D eigenvalue weighted by Gasteiger charge is 2.12. The van der Waals surface area contributed by atoms with E-state index < -0.39 is 0 Å². The second kappa shape index (κ2) is 6.41. The highest BCUT2D eigenvalue weighted by Crippen LogP contribution is 2.21. The van der Waals surface area contributed by atoms with Crippen molar-refractivity contribution < 1.29 is 0 Å². The van der Waals surface area contributed by atoms with Crippen LogP contribution in [0.3, 0.4) is 0 Å².